The van der Waals surface area contributed by atoms with Crippen molar-refractivity contribution in [2.24, 2.45) is 0 Å². The molecule has 0 aliphatic carbocycles. The molecule has 0 amide bonds. The van der Waals surface area contributed by atoms with Gasteiger partial charge in [0, 0.05) is 12.3 Å². The van der Waals surface area contributed by atoms with E-state index in [0.717, 1.165) is 47.5 Å². The van der Waals surface area contributed by atoms with Gasteiger partial charge in [-0.15, -0.1) is 0 Å². The Bertz CT molecular complexity index is 994. The Morgan fingerprint density at radius 1 is 0.957 bits per heavy atom. The molecule has 3 rings (SSSR count). The van der Waals surface area contributed by atoms with E-state index in [-0.39, 0.29) is 11.4 Å². The van der Waals surface area contributed by atoms with Gasteiger partial charge in [-0.1, -0.05) is 0 Å². The number of sulfone groups is 1. The first kappa shape index (κ1) is 15.1. The fourth-order valence-corrected chi connectivity index (χ4v) is 3.55. The summed E-state index contributed by atoms with van der Waals surface area (Å²) in [5.74, 6) is -2.40. The molecule has 0 N–H and O–H groups in total. The molecule has 0 bridgehead atoms. The predicted molar refractivity (Wildman–Crippen MR) is 75.8 cm³/mol. The van der Waals surface area contributed by atoms with Crippen LogP contribution in [0, 0.1) is 28.8 Å². The molecule has 0 unspecified atom stereocenters. The van der Waals surface area contributed by atoms with Gasteiger partial charge in [-0.25, -0.2) is 21.6 Å². The van der Waals surface area contributed by atoms with Gasteiger partial charge in [0.1, 0.15) is 23.5 Å². The Kier molecular flexibility index (Phi) is 3.38. The van der Waals surface area contributed by atoms with Gasteiger partial charge >= 0.3 is 0 Å². The Morgan fingerprint density at radius 3 is 2.30 bits per heavy atom. The van der Waals surface area contributed by atoms with E-state index in [1.807, 2.05) is 0 Å². The second kappa shape index (κ2) is 5.14. The maximum atomic E-state index is 14.0. The van der Waals surface area contributed by atoms with Crippen LogP contribution in [-0.4, -0.2) is 8.42 Å². The van der Waals surface area contributed by atoms with E-state index in [9.17, 15) is 21.6 Å². The molecule has 0 radical (unpaired) electrons. The average molecular weight is 336 g/mol. The van der Waals surface area contributed by atoms with E-state index in [1.165, 1.54) is 6.07 Å². The number of nitriles is 1. The Labute approximate surface area is 129 Å². The summed E-state index contributed by atoms with van der Waals surface area (Å²) in [6, 6.07) is 6.96. The van der Waals surface area contributed by atoms with E-state index >= 15 is 0 Å². The second-order valence-electron chi connectivity index (χ2n) is 4.69. The van der Waals surface area contributed by atoms with Crippen LogP contribution < -0.4 is 4.90 Å². The maximum Gasteiger partial charge on any atom is 0.220 e. The third kappa shape index (κ3) is 2.35. The molecule has 1 heterocycles. The molecular formula is C15H7F3N2O2S. The van der Waals surface area contributed by atoms with Gasteiger partial charge in [0.2, 0.25) is 9.84 Å². The van der Waals surface area contributed by atoms with Crippen LogP contribution in [0.25, 0.3) is 0 Å². The van der Waals surface area contributed by atoms with E-state index in [2.05, 4.69) is 0 Å². The monoisotopic (exact) mass is 336 g/mol. The minimum absolute atomic E-state index is 0.0742. The number of halogens is 3. The van der Waals surface area contributed by atoms with Crippen molar-refractivity contribution in [2.45, 2.75) is 4.90 Å². The first-order valence-electron chi connectivity index (χ1n) is 6.25. The van der Waals surface area contributed by atoms with Crippen LogP contribution in [0.4, 0.5) is 24.5 Å². The molecule has 116 valence electrons. The van der Waals surface area contributed by atoms with Crippen LogP contribution in [0.2, 0.25) is 0 Å². The summed E-state index contributed by atoms with van der Waals surface area (Å²) >= 11 is 0. The molecule has 4 nitrogen and oxygen atoms in total. The first-order chi connectivity index (χ1) is 10.8. The predicted octanol–water partition coefficient (Wildman–Crippen LogP) is 3.39. The van der Waals surface area contributed by atoms with Gasteiger partial charge in [0.15, 0.2) is 4.91 Å². The smallest absolute Gasteiger partial charge is 0.220 e. The van der Waals surface area contributed by atoms with Gasteiger partial charge in [0.05, 0.1) is 16.3 Å². The number of hydrogen-bond acceptors (Lipinski definition) is 4. The normalized spacial score (nSPS) is 15.6. The van der Waals surface area contributed by atoms with Crippen LogP contribution in [-0.2, 0) is 9.84 Å². The van der Waals surface area contributed by atoms with Crippen LogP contribution in [0.5, 0.6) is 0 Å². The number of allylic oxidation sites excluding steroid dienone is 1. The number of hydrogen-bond donors (Lipinski definition) is 0. The third-order valence-corrected chi connectivity index (χ3v) is 4.97. The SMILES string of the molecule is N#CC1=CN(c2cc(F)ccc2F)c2ccc(F)cc2S1(=O)=O. The third-order valence-electron chi connectivity index (χ3n) is 3.28. The topological polar surface area (TPSA) is 61.2 Å². The molecule has 1 aliphatic rings. The Morgan fingerprint density at radius 2 is 1.61 bits per heavy atom. The zero-order valence-electron chi connectivity index (χ0n) is 11.3. The van der Waals surface area contributed by atoms with Crippen molar-refractivity contribution in [2.75, 3.05) is 4.90 Å². The lowest BCUT2D eigenvalue weighted by atomic mass is 10.2. The van der Waals surface area contributed by atoms with Gasteiger partial charge in [-0.2, -0.15) is 5.26 Å². The summed E-state index contributed by atoms with van der Waals surface area (Å²) < 4.78 is 65.4. The lowest BCUT2D eigenvalue weighted by molar-refractivity contribution is 0.593. The summed E-state index contributed by atoms with van der Waals surface area (Å²) in [5, 5.41) is 9.02. The minimum Gasteiger partial charge on any atom is -0.311 e. The van der Waals surface area contributed by atoms with Crippen molar-refractivity contribution in [3.8, 4) is 6.07 Å². The van der Waals surface area contributed by atoms with Crippen molar-refractivity contribution < 1.29 is 21.6 Å². The molecular weight excluding hydrogens is 329 g/mol. The molecule has 0 saturated heterocycles. The lowest BCUT2D eigenvalue weighted by Crippen LogP contribution is -2.22. The number of rotatable bonds is 1. The molecule has 0 fully saturated rings. The zero-order chi connectivity index (χ0) is 16.8. The summed E-state index contributed by atoms with van der Waals surface area (Å²) in [6.07, 6.45) is 0.882. The molecule has 0 atom stereocenters. The highest BCUT2D eigenvalue weighted by Gasteiger charge is 2.33. The van der Waals surface area contributed by atoms with Crippen LogP contribution in [0.3, 0.4) is 0 Å². The fourth-order valence-electron chi connectivity index (χ4n) is 2.24. The standard InChI is InChI=1S/C15H7F3N2O2S/c16-9-1-3-12(18)14(5-9)20-8-11(7-19)23(21,22)15-6-10(17)2-4-13(15)20/h1-6,8H. The van der Waals surface area contributed by atoms with Crippen molar-refractivity contribution in [3.05, 3.63) is 65.0 Å². The Hall–Kier alpha value is -2.79. The largest absolute Gasteiger partial charge is 0.311 e. The molecule has 0 saturated carbocycles. The minimum atomic E-state index is -4.22. The van der Waals surface area contributed by atoms with E-state index in [4.69, 9.17) is 5.26 Å². The van der Waals surface area contributed by atoms with Crippen molar-refractivity contribution in [1.29, 1.82) is 5.26 Å². The highest BCUT2D eigenvalue weighted by atomic mass is 32.2. The van der Waals surface area contributed by atoms with Gasteiger partial charge in [0.25, 0.3) is 0 Å². The van der Waals surface area contributed by atoms with E-state index in [0.29, 0.717) is 0 Å². The summed E-state index contributed by atoms with van der Waals surface area (Å²) in [4.78, 5) is -0.174. The fraction of sp³-hybridized carbons (Fsp3) is 0. The Balaban J connectivity index is 2.35. The summed E-state index contributed by atoms with van der Waals surface area (Å²) in [7, 11) is -4.22. The molecule has 0 aromatic heterocycles. The lowest BCUT2D eigenvalue weighted by Gasteiger charge is -2.27. The highest BCUT2D eigenvalue weighted by molar-refractivity contribution is 7.95. The van der Waals surface area contributed by atoms with Gasteiger partial charge in [-0.05, 0) is 30.3 Å². The number of fused-ring (bicyclic) bond motifs is 1. The van der Waals surface area contributed by atoms with Crippen LogP contribution in [0.15, 0.2) is 52.4 Å². The van der Waals surface area contributed by atoms with Crippen molar-refractivity contribution in [3.63, 3.8) is 0 Å². The van der Waals surface area contributed by atoms with Crippen molar-refractivity contribution >= 4 is 21.2 Å². The highest BCUT2D eigenvalue weighted by Crippen LogP contribution is 2.40. The van der Waals surface area contributed by atoms with E-state index in [1.54, 1.807) is 0 Å². The number of anilines is 2. The zero-order valence-corrected chi connectivity index (χ0v) is 12.1. The molecule has 2 aromatic carbocycles. The number of nitrogens with zero attached hydrogens (tertiary/aromatic N) is 2. The summed E-state index contributed by atoms with van der Waals surface area (Å²) in [6.45, 7) is 0. The quantitative estimate of drug-likeness (QED) is 0.801. The second-order valence-corrected chi connectivity index (χ2v) is 6.57. The first-order valence-corrected chi connectivity index (χ1v) is 7.74. The number of benzene rings is 2. The summed E-state index contributed by atoms with van der Waals surface area (Å²) in [5.41, 5.74) is -0.365. The van der Waals surface area contributed by atoms with Crippen LogP contribution in [0.1, 0.15) is 0 Å². The van der Waals surface area contributed by atoms with Crippen LogP contribution >= 0.6 is 0 Å². The van der Waals surface area contributed by atoms with Gasteiger partial charge in [-0.3, -0.25) is 0 Å². The molecule has 2 aromatic rings. The maximum absolute atomic E-state index is 14.0. The van der Waals surface area contributed by atoms with E-state index < -0.39 is 37.1 Å². The molecule has 23 heavy (non-hydrogen) atoms. The van der Waals surface area contributed by atoms with Crippen molar-refractivity contribution in [1.82, 2.24) is 0 Å². The van der Waals surface area contributed by atoms with Gasteiger partial charge < -0.3 is 4.90 Å². The molecule has 8 heteroatoms. The molecule has 1 aliphatic heterocycles. The molecule has 0 spiro atoms. The average Bonchev–Trinajstić information content (AvgIpc) is 2.51.